The quantitative estimate of drug-likeness (QED) is 0.248. The lowest BCUT2D eigenvalue weighted by molar-refractivity contribution is 0.0657. The third-order valence-corrected chi connectivity index (χ3v) is 2.03. The lowest BCUT2D eigenvalue weighted by Gasteiger charge is -2.30. The average Bonchev–Trinajstić information content (AvgIpc) is 2.15. The van der Waals surface area contributed by atoms with Crippen LogP contribution in [0.2, 0.25) is 0 Å². The predicted molar refractivity (Wildman–Crippen MR) is 51.4 cm³/mol. The van der Waals surface area contributed by atoms with Crippen molar-refractivity contribution in [3.63, 3.8) is 0 Å². The second-order valence-corrected chi connectivity index (χ2v) is 3.52. The Morgan fingerprint density at radius 2 is 1.86 bits per heavy atom. The van der Waals surface area contributed by atoms with Gasteiger partial charge in [-0.2, -0.15) is 0 Å². The molecular weight excluding hydrogens is 188 g/mol. The van der Waals surface area contributed by atoms with Crippen molar-refractivity contribution in [2.75, 3.05) is 26.6 Å². The van der Waals surface area contributed by atoms with E-state index in [4.69, 9.17) is 15.3 Å². The van der Waals surface area contributed by atoms with Crippen LogP contribution < -0.4 is 10.6 Å². The van der Waals surface area contributed by atoms with Crippen LogP contribution in [-0.2, 0) is 0 Å². The minimum atomic E-state index is -0.703. The van der Waals surface area contributed by atoms with Gasteiger partial charge in [-0.1, -0.05) is 0 Å². The summed E-state index contributed by atoms with van der Waals surface area (Å²) < 4.78 is 0. The van der Waals surface area contributed by atoms with Crippen molar-refractivity contribution in [2.45, 2.75) is 25.0 Å². The molecule has 0 heterocycles. The fourth-order valence-electron chi connectivity index (χ4n) is 1.21. The molecule has 0 aliphatic heterocycles. The number of nitrogens with one attached hydrogen (secondary N) is 2. The molecule has 0 aromatic rings. The van der Waals surface area contributed by atoms with Crippen LogP contribution in [0.25, 0.3) is 0 Å². The van der Waals surface area contributed by atoms with Crippen LogP contribution in [0.1, 0.15) is 13.3 Å². The molecule has 0 radical (unpaired) electrons. The molecule has 0 aromatic heterocycles. The van der Waals surface area contributed by atoms with Crippen molar-refractivity contribution in [1.82, 2.24) is 10.6 Å². The summed E-state index contributed by atoms with van der Waals surface area (Å²) in [5.74, 6) is 0. The number of hydrogen-bond donors (Lipinski definition) is 6. The number of rotatable bonds is 8. The van der Waals surface area contributed by atoms with Gasteiger partial charge in [-0.05, 0) is 13.3 Å². The first-order chi connectivity index (χ1) is 6.58. The lowest BCUT2D eigenvalue weighted by atomic mass is 9.95. The highest BCUT2D eigenvalue weighted by molar-refractivity contribution is 4.84. The van der Waals surface area contributed by atoms with Crippen molar-refractivity contribution >= 4 is 0 Å². The van der Waals surface area contributed by atoms with Gasteiger partial charge in [-0.25, -0.2) is 0 Å². The zero-order valence-corrected chi connectivity index (χ0v) is 8.40. The summed E-state index contributed by atoms with van der Waals surface area (Å²) in [6, 6.07) is 0. The van der Waals surface area contributed by atoms with E-state index in [2.05, 4.69) is 10.6 Å². The monoisotopic (exact) mass is 208 g/mol. The summed E-state index contributed by atoms with van der Waals surface area (Å²) >= 11 is 0. The molecule has 0 aliphatic carbocycles. The first-order valence-corrected chi connectivity index (χ1v) is 4.54. The molecule has 2 atom stereocenters. The second-order valence-electron chi connectivity index (χ2n) is 3.52. The van der Waals surface area contributed by atoms with Crippen LogP contribution in [0.3, 0.4) is 0 Å². The average molecular weight is 208 g/mol. The largest absolute Gasteiger partial charge is 0.394 e. The molecule has 0 rings (SSSR count). The number of aliphatic hydroxyl groups is 4. The summed E-state index contributed by atoms with van der Waals surface area (Å²) in [6.07, 6.45) is -0.393. The maximum Gasteiger partial charge on any atom is 0.0936 e. The first kappa shape index (κ1) is 13.8. The van der Waals surface area contributed by atoms with Gasteiger partial charge in [0.1, 0.15) is 0 Å². The molecule has 0 aromatic carbocycles. The molecule has 0 aliphatic rings. The van der Waals surface area contributed by atoms with E-state index in [0.717, 1.165) is 0 Å². The van der Waals surface area contributed by atoms with E-state index >= 15 is 0 Å². The Balaban J connectivity index is 3.89. The number of hydrogen-bond acceptors (Lipinski definition) is 6. The molecule has 86 valence electrons. The molecule has 6 nitrogen and oxygen atoms in total. The summed E-state index contributed by atoms with van der Waals surface area (Å²) in [5, 5.41) is 40.9. The molecule has 14 heavy (non-hydrogen) atoms. The molecule has 6 N–H and O–H groups in total. The van der Waals surface area contributed by atoms with Crippen molar-refractivity contribution in [3.05, 3.63) is 0 Å². The highest BCUT2D eigenvalue weighted by Crippen LogP contribution is 2.11. The molecule has 6 heteroatoms. The molecule has 0 amide bonds. The molecule has 0 spiro atoms. The molecule has 0 saturated heterocycles. The minimum Gasteiger partial charge on any atom is -0.394 e. The van der Waals surface area contributed by atoms with Gasteiger partial charge in [-0.3, -0.25) is 10.6 Å². The summed E-state index contributed by atoms with van der Waals surface area (Å²) in [4.78, 5) is 0. The van der Waals surface area contributed by atoms with Crippen LogP contribution in [0, 0.1) is 0 Å². The fraction of sp³-hybridized carbons (Fsp3) is 1.00. The van der Waals surface area contributed by atoms with Gasteiger partial charge in [-0.15, -0.1) is 0 Å². The summed E-state index contributed by atoms with van der Waals surface area (Å²) in [5.41, 5.74) is -0.703. The number of aliphatic hydroxyl groups excluding tert-OH is 4. The van der Waals surface area contributed by atoms with Crippen molar-refractivity contribution in [3.8, 4) is 0 Å². The Hall–Kier alpha value is -0.240. The van der Waals surface area contributed by atoms with Gasteiger partial charge in [0.2, 0.25) is 0 Å². The van der Waals surface area contributed by atoms with E-state index in [1.54, 1.807) is 6.92 Å². The lowest BCUT2D eigenvalue weighted by Crippen LogP contribution is -2.49. The highest BCUT2D eigenvalue weighted by Gasteiger charge is 2.25. The fourth-order valence-corrected chi connectivity index (χ4v) is 1.21. The van der Waals surface area contributed by atoms with Crippen molar-refractivity contribution in [2.24, 2.45) is 0 Å². The predicted octanol–water partition coefficient (Wildman–Crippen LogP) is -2.43. The zero-order valence-electron chi connectivity index (χ0n) is 8.40. The van der Waals surface area contributed by atoms with Gasteiger partial charge in [0.05, 0.1) is 26.2 Å². The molecule has 0 saturated carbocycles. The minimum absolute atomic E-state index is 0.177. The van der Waals surface area contributed by atoms with E-state index in [9.17, 15) is 5.11 Å². The van der Waals surface area contributed by atoms with E-state index in [1.165, 1.54) is 0 Å². The Kier molecular flexibility index (Phi) is 6.98. The normalized spacial score (nSPS) is 17.8. The molecular formula is C8H20N2O4. The van der Waals surface area contributed by atoms with E-state index in [1.807, 2.05) is 0 Å². The van der Waals surface area contributed by atoms with Crippen molar-refractivity contribution < 1.29 is 20.4 Å². The van der Waals surface area contributed by atoms with E-state index in [0.29, 0.717) is 0 Å². The second kappa shape index (κ2) is 7.10. The van der Waals surface area contributed by atoms with Crippen LogP contribution in [-0.4, -0.2) is 58.7 Å². The van der Waals surface area contributed by atoms with Gasteiger partial charge in [0.15, 0.2) is 0 Å². The van der Waals surface area contributed by atoms with E-state index in [-0.39, 0.29) is 33.0 Å². The third kappa shape index (κ3) is 5.48. The molecule has 2 unspecified atom stereocenters. The van der Waals surface area contributed by atoms with Crippen LogP contribution >= 0.6 is 0 Å². The molecule has 0 fully saturated rings. The van der Waals surface area contributed by atoms with Gasteiger partial charge < -0.3 is 20.4 Å². The first-order valence-electron chi connectivity index (χ1n) is 4.54. The zero-order chi connectivity index (χ0) is 11.0. The highest BCUT2D eigenvalue weighted by atomic mass is 16.3. The smallest absolute Gasteiger partial charge is 0.0936 e. The van der Waals surface area contributed by atoms with Crippen LogP contribution in [0.4, 0.5) is 0 Å². The Bertz CT molecular complexity index is 147. The van der Waals surface area contributed by atoms with Crippen molar-refractivity contribution in [1.29, 1.82) is 0 Å². The summed E-state index contributed by atoms with van der Waals surface area (Å²) in [6.45, 7) is 1.33. The van der Waals surface area contributed by atoms with Gasteiger partial charge in [0, 0.05) is 12.1 Å². The topological polar surface area (TPSA) is 105 Å². The van der Waals surface area contributed by atoms with Gasteiger partial charge >= 0.3 is 0 Å². The standard InChI is InChI=1S/C8H20N2O4/c1-8(4-11,10-6-13)2-7(14)3-9-5-12/h7,9-14H,2-6H2,1H3. The van der Waals surface area contributed by atoms with Crippen LogP contribution in [0.15, 0.2) is 0 Å². The maximum absolute atomic E-state index is 9.47. The maximum atomic E-state index is 9.47. The third-order valence-electron chi connectivity index (χ3n) is 2.03. The van der Waals surface area contributed by atoms with Crippen LogP contribution in [0.5, 0.6) is 0 Å². The van der Waals surface area contributed by atoms with Gasteiger partial charge in [0.25, 0.3) is 0 Å². The SMILES string of the molecule is CC(CO)(CC(O)CNCO)NCO. The summed E-state index contributed by atoms with van der Waals surface area (Å²) in [7, 11) is 0. The molecule has 0 bridgehead atoms. The Labute approximate surface area is 83.6 Å². The Morgan fingerprint density at radius 1 is 1.21 bits per heavy atom. The Morgan fingerprint density at radius 3 is 2.29 bits per heavy atom. The van der Waals surface area contributed by atoms with E-state index < -0.39 is 11.6 Å².